The van der Waals surface area contributed by atoms with Crippen LogP contribution in [0.15, 0.2) is 54.0 Å². The lowest BCUT2D eigenvalue weighted by atomic mass is 10.1. The number of nitrogens with one attached hydrogen (secondary N) is 1. The van der Waals surface area contributed by atoms with Crippen LogP contribution in [-0.2, 0) is 19.5 Å². The van der Waals surface area contributed by atoms with Crippen molar-refractivity contribution in [3.63, 3.8) is 0 Å². The minimum atomic E-state index is -0.192. The molecule has 1 aliphatic rings. The Kier molecular flexibility index (Phi) is 5.61. The molecule has 8 nitrogen and oxygen atoms in total. The van der Waals surface area contributed by atoms with Gasteiger partial charge in [0.15, 0.2) is 11.5 Å². The third kappa shape index (κ3) is 4.01. The first-order valence-electron chi connectivity index (χ1n) is 12.0. The average molecular weight is 484 g/mol. The second kappa shape index (κ2) is 9.07. The van der Waals surface area contributed by atoms with Crippen molar-refractivity contribution >= 4 is 34.0 Å². The van der Waals surface area contributed by atoms with Crippen molar-refractivity contribution < 1.29 is 4.79 Å². The van der Waals surface area contributed by atoms with Crippen molar-refractivity contribution in [3.05, 3.63) is 65.4 Å². The Morgan fingerprint density at radius 3 is 2.91 bits per heavy atom. The molecule has 0 fully saturated rings. The highest BCUT2D eigenvalue weighted by atomic mass is 32.1. The zero-order valence-corrected chi connectivity index (χ0v) is 20.3. The highest BCUT2D eigenvalue weighted by Crippen LogP contribution is 2.29. The summed E-state index contributed by atoms with van der Waals surface area (Å²) >= 11 is 1.60. The number of pyridine rings is 1. The number of fused-ring (bicyclic) bond motifs is 2. The Morgan fingerprint density at radius 2 is 2.06 bits per heavy atom. The maximum atomic E-state index is 13.5. The Balaban J connectivity index is 1.35. The Bertz CT molecular complexity index is 1520. The van der Waals surface area contributed by atoms with Gasteiger partial charge in [0.1, 0.15) is 5.82 Å². The van der Waals surface area contributed by atoms with Crippen LogP contribution in [-0.4, -0.2) is 35.4 Å². The van der Waals surface area contributed by atoms with Crippen molar-refractivity contribution in [2.75, 3.05) is 5.32 Å². The van der Waals surface area contributed by atoms with E-state index < -0.39 is 0 Å². The summed E-state index contributed by atoms with van der Waals surface area (Å²) in [4.78, 5) is 19.3. The predicted octanol–water partition coefficient (Wildman–Crippen LogP) is 5.42. The quantitative estimate of drug-likeness (QED) is 0.361. The van der Waals surface area contributed by atoms with Gasteiger partial charge in [0.2, 0.25) is 0 Å². The standard InChI is InChI=1S/C26H25N7OS/c1-2-33-25-20(16-27-33)19(15-21(29-25)22-10-7-13-35-22)26(34)28-18-9-6-8-17(14-18)24-31-30-23-11-4-3-5-12-32(23)24/h6-10,13-16H,2-5,11-12H2,1H3,(H,28,34). The number of nitrogens with zero attached hydrogens (tertiary/aromatic N) is 6. The normalized spacial score (nSPS) is 13.5. The minimum Gasteiger partial charge on any atom is -0.322 e. The molecule has 0 unspecified atom stereocenters. The number of carbonyl (C=O) groups is 1. The zero-order valence-electron chi connectivity index (χ0n) is 19.4. The molecule has 1 aliphatic heterocycles. The lowest BCUT2D eigenvalue weighted by molar-refractivity contribution is 0.102. The fourth-order valence-corrected chi connectivity index (χ4v) is 5.34. The van der Waals surface area contributed by atoms with Crippen molar-refractivity contribution in [3.8, 4) is 22.0 Å². The van der Waals surface area contributed by atoms with Crippen LogP contribution in [0.5, 0.6) is 0 Å². The number of hydrogen-bond donors (Lipinski definition) is 1. The monoisotopic (exact) mass is 483 g/mol. The van der Waals surface area contributed by atoms with Crippen LogP contribution in [0.3, 0.4) is 0 Å². The first kappa shape index (κ1) is 21.7. The molecule has 0 saturated carbocycles. The minimum absolute atomic E-state index is 0.192. The Labute approximate surface area is 206 Å². The number of amides is 1. The first-order valence-corrected chi connectivity index (χ1v) is 12.8. The zero-order chi connectivity index (χ0) is 23.8. The van der Waals surface area contributed by atoms with Crippen LogP contribution in [0.1, 0.15) is 42.4 Å². The van der Waals surface area contributed by atoms with Gasteiger partial charge in [-0.25, -0.2) is 9.67 Å². The van der Waals surface area contributed by atoms with E-state index in [4.69, 9.17) is 4.98 Å². The van der Waals surface area contributed by atoms with E-state index in [9.17, 15) is 4.79 Å². The molecule has 176 valence electrons. The third-order valence-corrected chi connectivity index (χ3v) is 7.31. The largest absolute Gasteiger partial charge is 0.322 e. The molecule has 35 heavy (non-hydrogen) atoms. The van der Waals surface area contributed by atoms with E-state index in [-0.39, 0.29) is 5.91 Å². The molecule has 5 aromatic rings. The molecule has 4 aromatic heterocycles. The lowest BCUT2D eigenvalue weighted by Crippen LogP contribution is -2.13. The summed E-state index contributed by atoms with van der Waals surface area (Å²) in [5.74, 6) is 1.71. The molecule has 0 atom stereocenters. The van der Waals surface area contributed by atoms with Crippen LogP contribution < -0.4 is 5.32 Å². The molecule has 0 spiro atoms. The molecule has 9 heteroatoms. The van der Waals surface area contributed by atoms with Crippen molar-refractivity contribution in [1.82, 2.24) is 29.5 Å². The number of hydrogen-bond acceptors (Lipinski definition) is 6. The van der Waals surface area contributed by atoms with Crippen LogP contribution in [0.4, 0.5) is 5.69 Å². The summed E-state index contributed by atoms with van der Waals surface area (Å²) in [5.41, 5.74) is 3.70. The summed E-state index contributed by atoms with van der Waals surface area (Å²) in [6.07, 6.45) is 6.17. The van der Waals surface area contributed by atoms with Crippen molar-refractivity contribution in [2.45, 2.75) is 45.7 Å². The van der Waals surface area contributed by atoms with Gasteiger partial charge in [-0.05, 0) is 49.4 Å². The molecular weight excluding hydrogens is 458 g/mol. The molecule has 6 rings (SSSR count). The summed E-state index contributed by atoms with van der Waals surface area (Å²) in [5, 5.41) is 19.2. The van der Waals surface area contributed by atoms with Crippen LogP contribution in [0, 0.1) is 0 Å². The molecule has 0 aliphatic carbocycles. The van der Waals surface area contributed by atoms with Gasteiger partial charge in [0, 0.05) is 30.8 Å². The van der Waals surface area contributed by atoms with Crippen LogP contribution in [0.2, 0.25) is 0 Å². The second-order valence-corrected chi connectivity index (χ2v) is 9.61. The number of anilines is 1. The third-order valence-electron chi connectivity index (χ3n) is 6.42. The highest BCUT2D eigenvalue weighted by molar-refractivity contribution is 7.13. The van der Waals surface area contributed by atoms with Gasteiger partial charge >= 0.3 is 0 Å². The number of carbonyl (C=O) groups excluding carboxylic acids is 1. The van der Waals surface area contributed by atoms with Gasteiger partial charge in [-0.2, -0.15) is 5.10 Å². The smallest absolute Gasteiger partial charge is 0.256 e. The van der Waals surface area contributed by atoms with E-state index in [1.165, 1.54) is 6.42 Å². The highest BCUT2D eigenvalue weighted by Gasteiger charge is 2.19. The topological polar surface area (TPSA) is 90.5 Å². The van der Waals surface area contributed by atoms with Crippen LogP contribution >= 0.6 is 11.3 Å². The van der Waals surface area contributed by atoms with E-state index in [0.29, 0.717) is 23.4 Å². The first-order chi connectivity index (χ1) is 17.2. The van der Waals surface area contributed by atoms with E-state index in [1.807, 2.05) is 59.5 Å². The molecule has 0 saturated heterocycles. The van der Waals surface area contributed by atoms with E-state index >= 15 is 0 Å². The molecule has 5 heterocycles. The SMILES string of the molecule is CCn1ncc2c(C(=O)Nc3cccc(-c4nnc5n4CCCCC5)c3)cc(-c3cccs3)nc21. The van der Waals surface area contributed by atoms with Gasteiger partial charge in [-0.15, -0.1) is 21.5 Å². The van der Waals surface area contributed by atoms with Crippen LogP contribution in [0.25, 0.3) is 33.0 Å². The molecule has 1 N–H and O–H groups in total. The second-order valence-electron chi connectivity index (χ2n) is 8.67. The van der Waals surface area contributed by atoms with E-state index in [0.717, 1.165) is 59.0 Å². The van der Waals surface area contributed by atoms with Gasteiger partial charge in [-0.3, -0.25) is 4.79 Å². The maximum absolute atomic E-state index is 13.5. The predicted molar refractivity (Wildman–Crippen MR) is 137 cm³/mol. The number of benzene rings is 1. The number of thiophene rings is 1. The fraction of sp³-hybridized carbons (Fsp3) is 0.269. The molecule has 1 aromatic carbocycles. The summed E-state index contributed by atoms with van der Waals surface area (Å²) in [7, 11) is 0. The average Bonchev–Trinajstić information content (AvgIpc) is 3.61. The van der Waals surface area contributed by atoms with Crippen molar-refractivity contribution in [1.29, 1.82) is 0 Å². The number of rotatable bonds is 5. The Morgan fingerprint density at radius 1 is 1.11 bits per heavy atom. The van der Waals surface area contributed by atoms with Gasteiger partial charge in [0.05, 0.1) is 27.7 Å². The molecule has 1 amide bonds. The lowest BCUT2D eigenvalue weighted by Gasteiger charge is -2.11. The van der Waals surface area contributed by atoms with Crippen molar-refractivity contribution in [2.24, 2.45) is 0 Å². The van der Waals surface area contributed by atoms with Gasteiger partial charge in [-0.1, -0.05) is 24.6 Å². The van der Waals surface area contributed by atoms with Gasteiger partial charge in [0.25, 0.3) is 5.91 Å². The summed E-state index contributed by atoms with van der Waals surface area (Å²) in [6.45, 7) is 3.62. The number of aromatic nitrogens is 6. The fourth-order valence-electron chi connectivity index (χ4n) is 4.65. The van der Waals surface area contributed by atoms with E-state index in [1.54, 1.807) is 17.5 Å². The van der Waals surface area contributed by atoms with Gasteiger partial charge < -0.3 is 9.88 Å². The summed E-state index contributed by atoms with van der Waals surface area (Å²) < 4.78 is 4.04. The molecular formula is C26H25N7OS. The number of aryl methyl sites for hydroxylation is 2. The molecule has 0 radical (unpaired) electrons. The maximum Gasteiger partial charge on any atom is 0.256 e. The summed E-state index contributed by atoms with van der Waals surface area (Å²) in [6, 6.07) is 13.7. The Hall–Kier alpha value is -3.85. The van der Waals surface area contributed by atoms with E-state index in [2.05, 4.69) is 25.2 Å². The molecule has 0 bridgehead atoms.